The van der Waals surface area contributed by atoms with Gasteiger partial charge in [0.1, 0.15) is 5.75 Å². The fourth-order valence-corrected chi connectivity index (χ4v) is 3.29. The molecule has 124 valence electrons. The van der Waals surface area contributed by atoms with Gasteiger partial charge in [0.05, 0.1) is 24.5 Å². The van der Waals surface area contributed by atoms with E-state index in [4.69, 9.17) is 10.00 Å². The molecule has 1 amide bonds. The van der Waals surface area contributed by atoms with E-state index in [0.29, 0.717) is 11.3 Å². The van der Waals surface area contributed by atoms with Crippen molar-refractivity contribution in [3.8, 4) is 11.8 Å². The van der Waals surface area contributed by atoms with Gasteiger partial charge in [0, 0.05) is 5.56 Å². The average molecular weight is 344 g/mol. The first kappa shape index (κ1) is 17.5. The van der Waals surface area contributed by atoms with E-state index in [1.54, 1.807) is 18.2 Å². The number of ether oxygens (including phenoxy) is 1. The number of benzene rings is 2. The minimum atomic E-state index is -3.94. The van der Waals surface area contributed by atoms with Crippen molar-refractivity contribution in [2.45, 2.75) is 12.7 Å². The molecule has 0 spiro atoms. The van der Waals surface area contributed by atoms with Crippen LogP contribution in [0.2, 0.25) is 0 Å². The van der Waals surface area contributed by atoms with Crippen molar-refractivity contribution < 1.29 is 17.9 Å². The Balaban J connectivity index is 2.20. The number of nitrogens with zero attached hydrogens (tertiary/aromatic N) is 1. The number of carbonyl (C=O) groups excluding carboxylic acids is 1. The predicted molar refractivity (Wildman–Crippen MR) is 89.0 cm³/mol. The van der Waals surface area contributed by atoms with Gasteiger partial charge >= 0.3 is 0 Å². The normalized spacial score (nSPS) is 10.7. The molecule has 2 aromatic rings. The lowest BCUT2D eigenvalue weighted by atomic mass is 10.1. The number of carbonyl (C=O) groups is 1. The molecule has 0 aromatic heterocycles. The lowest BCUT2D eigenvalue weighted by molar-refractivity contribution is 0.0981. The third-order valence-electron chi connectivity index (χ3n) is 3.40. The Bertz CT molecular complexity index is 914. The van der Waals surface area contributed by atoms with Crippen LogP contribution in [-0.4, -0.2) is 21.4 Å². The van der Waals surface area contributed by atoms with Crippen molar-refractivity contribution >= 4 is 15.9 Å². The Morgan fingerprint density at radius 2 is 1.96 bits per heavy atom. The van der Waals surface area contributed by atoms with Gasteiger partial charge in [-0.2, -0.15) is 5.26 Å². The summed E-state index contributed by atoms with van der Waals surface area (Å²) >= 11 is 0. The van der Waals surface area contributed by atoms with Gasteiger partial charge in [-0.05, 0) is 36.2 Å². The van der Waals surface area contributed by atoms with Gasteiger partial charge in [0.2, 0.25) is 10.0 Å². The molecule has 2 rings (SSSR count). The zero-order valence-corrected chi connectivity index (χ0v) is 14.1. The molecule has 0 radical (unpaired) electrons. The fourth-order valence-electron chi connectivity index (χ4n) is 2.16. The fraction of sp³-hybridized carbons (Fsp3) is 0.176. The Hall–Kier alpha value is -2.85. The van der Waals surface area contributed by atoms with E-state index >= 15 is 0 Å². The summed E-state index contributed by atoms with van der Waals surface area (Å²) in [5.41, 5.74) is 1.60. The zero-order valence-electron chi connectivity index (χ0n) is 13.2. The first-order chi connectivity index (χ1) is 11.4. The van der Waals surface area contributed by atoms with Gasteiger partial charge in [-0.25, -0.2) is 13.1 Å². The van der Waals surface area contributed by atoms with E-state index in [0.717, 1.165) is 5.56 Å². The molecule has 2 aromatic carbocycles. The maximum atomic E-state index is 12.2. The molecule has 24 heavy (non-hydrogen) atoms. The second kappa shape index (κ2) is 7.15. The molecule has 0 saturated heterocycles. The van der Waals surface area contributed by atoms with E-state index in [9.17, 15) is 13.2 Å². The maximum absolute atomic E-state index is 12.2. The second-order valence-electron chi connectivity index (χ2n) is 5.14. The van der Waals surface area contributed by atoms with Crippen LogP contribution in [0.25, 0.3) is 0 Å². The topological polar surface area (TPSA) is 96.3 Å². The lowest BCUT2D eigenvalue weighted by Gasteiger charge is -2.10. The molecule has 0 heterocycles. The van der Waals surface area contributed by atoms with Gasteiger partial charge in [-0.1, -0.05) is 24.3 Å². The molecule has 0 unspecified atom stereocenters. The number of nitrogens with one attached hydrogen (secondary N) is 1. The smallest absolute Gasteiger partial charge is 0.264 e. The van der Waals surface area contributed by atoms with Crippen molar-refractivity contribution in [3.05, 3.63) is 64.7 Å². The number of aryl methyl sites for hydroxylation is 1. The van der Waals surface area contributed by atoms with Crippen LogP contribution < -0.4 is 9.46 Å². The van der Waals surface area contributed by atoms with Crippen molar-refractivity contribution in [1.29, 1.82) is 5.26 Å². The monoisotopic (exact) mass is 344 g/mol. The van der Waals surface area contributed by atoms with Crippen LogP contribution in [-0.2, 0) is 15.8 Å². The number of nitriles is 1. The van der Waals surface area contributed by atoms with Crippen LogP contribution in [0.1, 0.15) is 27.0 Å². The summed E-state index contributed by atoms with van der Waals surface area (Å²) in [6.45, 7) is 1.82. The molecule has 0 aliphatic carbocycles. The van der Waals surface area contributed by atoms with E-state index in [1.807, 2.05) is 17.7 Å². The molecule has 1 N–H and O–H groups in total. The SMILES string of the molecule is COc1cc(C(=O)NS(=O)(=O)Cc2ccccc2C#N)ccc1C. The van der Waals surface area contributed by atoms with E-state index in [2.05, 4.69) is 0 Å². The van der Waals surface area contributed by atoms with Crippen LogP contribution in [0.3, 0.4) is 0 Å². The molecule has 7 heteroatoms. The van der Waals surface area contributed by atoms with Crippen molar-refractivity contribution in [2.24, 2.45) is 0 Å². The van der Waals surface area contributed by atoms with Crippen LogP contribution in [0.4, 0.5) is 0 Å². The summed E-state index contributed by atoms with van der Waals surface area (Å²) in [5.74, 6) is -0.705. The molecular formula is C17H16N2O4S. The first-order valence-corrected chi connectivity index (χ1v) is 8.69. The second-order valence-corrected chi connectivity index (χ2v) is 6.87. The van der Waals surface area contributed by atoms with Crippen molar-refractivity contribution in [1.82, 2.24) is 4.72 Å². The number of hydrogen-bond donors (Lipinski definition) is 1. The summed E-state index contributed by atoms with van der Waals surface area (Å²) < 4.78 is 31.5. The minimum absolute atomic E-state index is 0.176. The van der Waals surface area contributed by atoms with Crippen molar-refractivity contribution in [3.63, 3.8) is 0 Å². The number of methoxy groups -OCH3 is 1. The molecule has 0 atom stereocenters. The Morgan fingerprint density at radius 3 is 2.62 bits per heavy atom. The zero-order chi connectivity index (χ0) is 17.7. The van der Waals surface area contributed by atoms with Crippen LogP contribution in [0, 0.1) is 18.3 Å². The van der Waals surface area contributed by atoms with Gasteiger partial charge in [0.25, 0.3) is 5.91 Å². The molecule has 6 nitrogen and oxygen atoms in total. The molecule has 0 saturated carbocycles. The molecule has 0 aliphatic rings. The van der Waals surface area contributed by atoms with Gasteiger partial charge in [-0.3, -0.25) is 4.79 Å². The van der Waals surface area contributed by atoms with Gasteiger partial charge in [-0.15, -0.1) is 0 Å². The molecule has 0 fully saturated rings. The van der Waals surface area contributed by atoms with Gasteiger partial charge < -0.3 is 4.74 Å². The summed E-state index contributed by atoms with van der Waals surface area (Å²) in [4.78, 5) is 12.2. The highest BCUT2D eigenvalue weighted by Gasteiger charge is 2.19. The first-order valence-electron chi connectivity index (χ1n) is 7.04. The summed E-state index contributed by atoms with van der Waals surface area (Å²) in [5, 5.41) is 9.01. The standard InChI is InChI=1S/C17H16N2O4S/c1-12-7-8-13(9-16(12)23-2)17(20)19-24(21,22)11-15-6-4-3-5-14(15)10-18/h3-9H,11H2,1-2H3,(H,19,20). The van der Waals surface area contributed by atoms with E-state index in [1.165, 1.54) is 31.4 Å². The highest BCUT2D eigenvalue weighted by atomic mass is 32.2. The average Bonchev–Trinajstić information content (AvgIpc) is 2.54. The van der Waals surface area contributed by atoms with Crippen LogP contribution in [0.5, 0.6) is 5.75 Å². The molecule has 0 bridgehead atoms. The minimum Gasteiger partial charge on any atom is -0.496 e. The van der Waals surface area contributed by atoms with Crippen LogP contribution in [0.15, 0.2) is 42.5 Å². The van der Waals surface area contributed by atoms with Crippen LogP contribution >= 0.6 is 0 Å². The maximum Gasteiger partial charge on any atom is 0.264 e. The van der Waals surface area contributed by atoms with E-state index < -0.39 is 21.7 Å². The highest BCUT2D eigenvalue weighted by Crippen LogP contribution is 2.19. The number of sulfonamides is 1. The molecule has 0 aliphatic heterocycles. The summed E-state index contributed by atoms with van der Waals surface area (Å²) in [7, 11) is -2.46. The van der Waals surface area contributed by atoms with Crippen molar-refractivity contribution in [2.75, 3.05) is 7.11 Å². The predicted octanol–water partition coefficient (Wildman–Crippen LogP) is 2.14. The summed E-state index contributed by atoms with van der Waals surface area (Å²) in [6.07, 6.45) is 0. The highest BCUT2D eigenvalue weighted by molar-refractivity contribution is 7.89. The Morgan fingerprint density at radius 1 is 1.25 bits per heavy atom. The van der Waals surface area contributed by atoms with E-state index in [-0.39, 0.29) is 11.1 Å². The number of hydrogen-bond acceptors (Lipinski definition) is 5. The third kappa shape index (κ3) is 4.12. The number of amides is 1. The molecular weight excluding hydrogens is 328 g/mol. The largest absolute Gasteiger partial charge is 0.496 e. The Labute approximate surface area is 140 Å². The number of rotatable bonds is 5. The summed E-state index contributed by atoms with van der Waals surface area (Å²) in [6, 6.07) is 12.9. The quantitative estimate of drug-likeness (QED) is 0.896. The lowest BCUT2D eigenvalue weighted by Crippen LogP contribution is -2.31. The van der Waals surface area contributed by atoms with Gasteiger partial charge in [0.15, 0.2) is 0 Å². The Kier molecular flexibility index (Phi) is 5.21. The third-order valence-corrected chi connectivity index (χ3v) is 4.59.